The van der Waals surface area contributed by atoms with E-state index < -0.39 is 0 Å². The van der Waals surface area contributed by atoms with Crippen LogP contribution in [-0.2, 0) is 0 Å². The minimum atomic E-state index is -0.353. The topological polar surface area (TPSA) is 29.3 Å². The SMILES string of the molecule is Cl.NN(Cl)c1cccc(F)c1. The number of nitrogens with two attached hydrogens (primary N) is 1. The van der Waals surface area contributed by atoms with Gasteiger partial charge in [0.15, 0.2) is 0 Å². The Morgan fingerprint density at radius 3 is 2.45 bits per heavy atom. The van der Waals surface area contributed by atoms with Gasteiger partial charge in [0.2, 0.25) is 0 Å². The van der Waals surface area contributed by atoms with Gasteiger partial charge in [-0.25, -0.2) is 14.8 Å². The van der Waals surface area contributed by atoms with Crippen LogP contribution in [-0.4, -0.2) is 0 Å². The van der Waals surface area contributed by atoms with Crippen LogP contribution < -0.4 is 10.4 Å². The lowest BCUT2D eigenvalue weighted by Crippen LogP contribution is -2.18. The second-order valence-corrected chi connectivity index (χ2v) is 2.16. The van der Waals surface area contributed by atoms with Crippen molar-refractivity contribution in [2.75, 3.05) is 4.53 Å². The Balaban J connectivity index is 0.000001000. The number of benzene rings is 1. The van der Waals surface area contributed by atoms with Gasteiger partial charge in [-0.15, -0.1) is 12.4 Å². The smallest absolute Gasteiger partial charge is 0.125 e. The molecule has 2 nitrogen and oxygen atoms in total. The van der Waals surface area contributed by atoms with Crippen molar-refractivity contribution in [3.05, 3.63) is 30.1 Å². The molecule has 1 rings (SSSR count). The van der Waals surface area contributed by atoms with E-state index >= 15 is 0 Å². The molecule has 1 aromatic rings. The third kappa shape index (κ3) is 2.93. The molecule has 5 heteroatoms. The third-order valence-electron chi connectivity index (χ3n) is 1.05. The van der Waals surface area contributed by atoms with E-state index in [4.69, 9.17) is 17.6 Å². The summed E-state index contributed by atoms with van der Waals surface area (Å²) in [6, 6.07) is 5.71. The molecule has 0 aliphatic rings. The predicted molar refractivity (Wildman–Crippen MR) is 46.2 cm³/mol. The Labute approximate surface area is 75.2 Å². The van der Waals surface area contributed by atoms with Gasteiger partial charge in [-0.1, -0.05) is 6.07 Å². The van der Waals surface area contributed by atoms with Gasteiger partial charge in [0.1, 0.15) is 5.82 Å². The summed E-state index contributed by atoms with van der Waals surface area (Å²) in [5.41, 5.74) is 0.432. The van der Waals surface area contributed by atoms with Crippen LogP contribution in [0.25, 0.3) is 0 Å². The second kappa shape index (κ2) is 4.38. The van der Waals surface area contributed by atoms with Crippen molar-refractivity contribution in [3.63, 3.8) is 0 Å². The highest BCUT2D eigenvalue weighted by atomic mass is 35.5. The summed E-state index contributed by atoms with van der Waals surface area (Å²) in [4.78, 5) is 0. The van der Waals surface area contributed by atoms with Gasteiger partial charge < -0.3 is 0 Å². The minimum Gasteiger partial charge on any atom is -0.232 e. The van der Waals surface area contributed by atoms with Crippen LogP contribution in [0.4, 0.5) is 10.1 Å². The average Bonchev–Trinajstić information content (AvgIpc) is 1.88. The molecular weight excluding hydrogens is 190 g/mol. The Bertz CT molecular complexity index is 230. The first-order valence-electron chi connectivity index (χ1n) is 2.66. The van der Waals surface area contributed by atoms with Crippen LogP contribution in [0.1, 0.15) is 0 Å². The van der Waals surface area contributed by atoms with E-state index in [9.17, 15) is 4.39 Å². The summed E-state index contributed by atoms with van der Waals surface area (Å²) >= 11 is 5.32. The van der Waals surface area contributed by atoms with Crippen LogP contribution in [0.5, 0.6) is 0 Å². The van der Waals surface area contributed by atoms with Crippen molar-refractivity contribution < 1.29 is 4.39 Å². The number of rotatable bonds is 1. The normalized spacial score (nSPS) is 8.64. The maximum absolute atomic E-state index is 12.4. The Morgan fingerprint density at radius 1 is 1.45 bits per heavy atom. The molecule has 0 bridgehead atoms. The fourth-order valence-electron chi connectivity index (χ4n) is 0.609. The standard InChI is InChI=1S/C6H6ClFN2.ClH/c7-10(9)6-3-1-2-5(8)4-6;/h1-4H,9H2;1H. The maximum Gasteiger partial charge on any atom is 0.125 e. The minimum absolute atomic E-state index is 0. The highest BCUT2D eigenvalue weighted by Crippen LogP contribution is 2.13. The second-order valence-electron chi connectivity index (χ2n) is 1.79. The van der Waals surface area contributed by atoms with Gasteiger partial charge in [0.25, 0.3) is 0 Å². The van der Waals surface area contributed by atoms with Crippen molar-refractivity contribution >= 4 is 29.9 Å². The van der Waals surface area contributed by atoms with Gasteiger partial charge in [0.05, 0.1) is 5.69 Å². The van der Waals surface area contributed by atoms with Gasteiger partial charge in [-0.3, -0.25) is 0 Å². The first kappa shape index (κ1) is 10.5. The fraction of sp³-hybridized carbons (Fsp3) is 0. The van der Waals surface area contributed by atoms with Crippen molar-refractivity contribution in [2.24, 2.45) is 5.84 Å². The van der Waals surface area contributed by atoms with Crippen molar-refractivity contribution in [2.45, 2.75) is 0 Å². The first-order valence-corrected chi connectivity index (χ1v) is 3.00. The Morgan fingerprint density at radius 2 is 2.09 bits per heavy atom. The van der Waals surface area contributed by atoms with E-state index in [0.717, 1.165) is 4.53 Å². The van der Waals surface area contributed by atoms with E-state index in [1.165, 1.54) is 18.2 Å². The van der Waals surface area contributed by atoms with Gasteiger partial charge in [-0.05, 0) is 12.1 Å². The van der Waals surface area contributed by atoms with Crippen LogP contribution in [0.3, 0.4) is 0 Å². The monoisotopic (exact) mass is 196 g/mol. The zero-order chi connectivity index (χ0) is 7.56. The van der Waals surface area contributed by atoms with Gasteiger partial charge >= 0.3 is 0 Å². The average molecular weight is 197 g/mol. The highest BCUT2D eigenvalue weighted by molar-refractivity contribution is 6.24. The number of halogens is 3. The number of anilines is 1. The summed E-state index contributed by atoms with van der Waals surface area (Å²) in [6.45, 7) is 0. The van der Waals surface area contributed by atoms with E-state index in [1.54, 1.807) is 6.07 Å². The molecule has 0 saturated carbocycles. The number of nitrogens with zero attached hydrogens (tertiary/aromatic N) is 1. The first-order chi connectivity index (χ1) is 4.70. The predicted octanol–water partition coefficient (Wildman–Crippen LogP) is 2.08. The van der Waals surface area contributed by atoms with Crippen molar-refractivity contribution in [1.82, 2.24) is 0 Å². The number of hydrogen-bond acceptors (Lipinski definition) is 2. The van der Waals surface area contributed by atoms with Crippen LogP contribution in [0.2, 0.25) is 0 Å². The van der Waals surface area contributed by atoms with E-state index in [1.807, 2.05) is 0 Å². The van der Waals surface area contributed by atoms with Gasteiger partial charge in [0, 0.05) is 17.8 Å². The summed E-state index contributed by atoms with van der Waals surface area (Å²) in [5.74, 6) is 4.76. The summed E-state index contributed by atoms with van der Waals surface area (Å²) in [6.07, 6.45) is 0. The summed E-state index contributed by atoms with van der Waals surface area (Å²) in [7, 11) is 0. The molecule has 1 aromatic carbocycles. The molecule has 0 aliphatic carbocycles. The number of hydrogen-bond donors (Lipinski definition) is 1. The molecule has 0 atom stereocenters. The largest absolute Gasteiger partial charge is 0.232 e. The molecule has 0 unspecified atom stereocenters. The molecule has 0 spiro atoms. The quantitative estimate of drug-likeness (QED) is 0.424. The van der Waals surface area contributed by atoms with Crippen molar-refractivity contribution in [3.8, 4) is 0 Å². The molecule has 0 aromatic heterocycles. The molecule has 2 N–H and O–H groups in total. The summed E-state index contributed by atoms with van der Waals surface area (Å²) < 4.78 is 13.2. The van der Waals surface area contributed by atoms with Crippen molar-refractivity contribution in [1.29, 1.82) is 0 Å². The lowest BCUT2D eigenvalue weighted by atomic mass is 10.3. The molecule has 0 amide bonds. The highest BCUT2D eigenvalue weighted by Gasteiger charge is 1.96. The molecule has 0 aliphatic heterocycles. The molecular formula is C6H7Cl2FN2. The zero-order valence-electron chi connectivity index (χ0n) is 5.50. The fourth-order valence-corrected chi connectivity index (χ4v) is 0.714. The van der Waals surface area contributed by atoms with E-state index in [0.29, 0.717) is 5.69 Å². The maximum atomic E-state index is 12.4. The van der Waals surface area contributed by atoms with Gasteiger partial charge in [-0.2, -0.15) is 0 Å². The molecule has 0 heterocycles. The van der Waals surface area contributed by atoms with E-state index in [-0.39, 0.29) is 18.2 Å². The van der Waals surface area contributed by atoms with Crippen LogP contribution >= 0.6 is 24.2 Å². The Hall–Kier alpha value is -0.510. The summed E-state index contributed by atoms with van der Waals surface area (Å²) in [5, 5.41) is 0. The number of hydrazine groups is 1. The molecule has 0 saturated heterocycles. The van der Waals surface area contributed by atoms with Crippen LogP contribution in [0, 0.1) is 5.82 Å². The molecule has 0 fully saturated rings. The molecule has 0 radical (unpaired) electrons. The Kier molecular flexibility index (Phi) is 4.18. The zero-order valence-corrected chi connectivity index (χ0v) is 7.07. The lowest BCUT2D eigenvalue weighted by molar-refractivity contribution is 0.628. The molecule has 62 valence electrons. The lowest BCUT2D eigenvalue weighted by Gasteiger charge is -2.06. The van der Waals surface area contributed by atoms with E-state index in [2.05, 4.69) is 0 Å². The molecule has 11 heavy (non-hydrogen) atoms. The third-order valence-corrected chi connectivity index (χ3v) is 1.25. The van der Waals surface area contributed by atoms with Crippen LogP contribution in [0.15, 0.2) is 24.3 Å².